The number of piperidine rings is 1. The van der Waals surface area contributed by atoms with Gasteiger partial charge in [-0.15, -0.1) is 0 Å². The zero-order chi connectivity index (χ0) is 10.8. The number of nitrogens with one attached hydrogen (secondary N) is 1. The molecule has 2 saturated heterocycles. The van der Waals surface area contributed by atoms with Gasteiger partial charge in [-0.1, -0.05) is 30.3 Å². The molecule has 1 spiro atoms. The summed E-state index contributed by atoms with van der Waals surface area (Å²) in [5, 5.41) is 3.49. The predicted molar refractivity (Wildman–Crippen MR) is 64.6 cm³/mol. The molecule has 0 saturated carbocycles. The number of ether oxygens (including phenoxy) is 1. The van der Waals surface area contributed by atoms with Crippen molar-refractivity contribution in [2.75, 3.05) is 19.7 Å². The van der Waals surface area contributed by atoms with E-state index in [1.54, 1.807) is 0 Å². The quantitative estimate of drug-likeness (QED) is 0.779. The maximum Gasteiger partial charge on any atom is 0.0875 e. The van der Waals surface area contributed by atoms with Crippen LogP contribution in [0.4, 0.5) is 0 Å². The molecule has 2 aliphatic heterocycles. The van der Waals surface area contributed by atoms with E-state index >= 15 is 0 Å². The molecular formula is C14H19NO. The molecule has 1 N–H and O–H groups in total. The fourth-order valence-electron chi connectivity index (χ4n) is 3.22. The second kappa shape index (κ2) is 4.19. The van der Waals surface area contributed by atoms with Gasteiger partial charge in [-0.05, 0) is 31.4 Å². The lowest BCUT2D eigenvalue weighted by Crippen LogP contribution is -2.50. The fraction of sp³-hybridized carbons (Fsp3) is 0.571. The average Bonchev–Trinajstić information content (AvgIpc) is 2.80. The predicted octanol–water partition coefficient (Wildman–Crippen LogP) is 2.31. The highest BCUT2D eigenvalue weighted by Crippen LogP contribution is 2.42. The first-order valence-corrected chi connectivity index (χ1v) is 6.30. The number of rotatable bonds is 1. The zero-order valence-corrected chi connectivity index (χ0v) is 9.61. The van der Waals surface area contributed by atoms with Gasteiger partial charge < -0.3 is 10.1 Å². The van der Waals surface area contributed by atoms with E-state index in [1.165, 1.54) is 24.8 Å². The van der Waals surface area contributed by atoms with E-state index in [4.69, 9.17) is 4.74 Å². The maximum atomic E-state index is 6.09. The van der Waals surface area contributed by atoms with Crippen molar-refractivity contribution in [3.63, 3.8) is 0 Å². The molecular weight excluding hydrogens is 198 g/mol. The number of benzene rings is 1. The fourth-order valence-corrected chi connectivity index (χ4v) is 3.22. The van der Waals surface area contributed by atoms with Crippen LogP contribution in [0.1, 0.15) is 30.7 Å². The lowest BCUT2D eigenvalue weighted by Gasteiger charge is -2.41. The standard InChI is InChI=1S/C14H19NO/c1-2-5-12(6-3-1)13-7-9-15-11-14(13)8-4-10-16-14/h1-3,5-6,13,15H,4,7-11H2. The van der Waals surface area contributed by atoms with Crippen molar-refractivity contribution in [2.24, 2.45) is 0 Å². The van der Waals surface area contributed by atoms with Crippen LogP contribution in [-0.4, -0.2) is 25.3 Å². The van der Waals surface area contributed by atoms with Crippen molar-refractivity contribution in [3.8, 4) is 0 Å². The van der Waals surface area contributed by atoms with Crippen molar-refractivity contribution < 1.29 is 4.74 Å². The van der Waals surface area contributed by atoms with E-state index in [-0.39, 0.29) is 5.60 Å². The smallest absolute Gasteiger partial charge is 0.0875 e. The molecule has 1 aromatic rings. The van der Waals surface area contributed by atoms with Gasteiger partial charge in [0.25, 0.3) is 0 Å². The Morgan fingerprint density at radius 2 is 2.12 bits per heavy atom. The summed E-state index contributed by atoms with van der Waals surface area (Å²) in [6, 6.07) is 10.9. The molecule has 1 aromatic carbocycles. The topological polar surface area (TPSA) is 21.3 Å². The Labute approximate surface area is 97.0 Å². The third kappa shape index (κ3) is 1.66. The van der Waals surface area contributed by atoms with Crippen LogP contribution in [0.3, 0.4) is 0 Å². The van der Waals surface area contributed by atoms with Crippen LogP contribution in [0.5, 0.6) is 0 Å². The molecule has 86 valence electrons. The summed E-state index contributed by atoms with van der Waals surface area (Å²) in [5.74, 6) is 0.581. The third-order valence-electron chi connectivity index (χ3n) is 4.00. The number of hydrogen-bond acceptors (Lipinski definition) is 2. The summed E-state index contributed by atoms with van der Waals surface area (Å²) in [4.78, 5) is 0. The average molecular weight is 217 g/mol. The Balaban J connectivity index is 1.91. The Morgan fingerprint density at radius 3 is 2.88 bits per heavy atom. The van der Waals surface area contributed by atoms with Crippen molar-refractivity contribution in [1.82, 2.24) is 5.32 Å². The van der Waals surface area contributed by atoms with Crippen LogP contribution >= 0.6 is 0 Å². The van der Waals surface area contributed by atoms with Crippen LogP contribution in [0.2, 0.25) is 0 Å². The van der Waals surface area contributed by atoms with Gasteiger partial charge in [-0.2, -0.15) is 0 Å². The molecule has 2 atom stereocenters. The summed E-state index contributed by atoms with van der Waals surface area (Å²) in [5.41, 5.74) is 1.53. The maximum absolute atomic E-state index is 6.09. The first kappa shape index (κ1) is 10.3. The Morgan fingerprint density at radius 1 is 1.25 bits per heavy atom. The first-order chi connectivity index (χ1) is 7.91. The minimum Gasteiger partial charge on any atom is -0.373 e. The molecule has 2 unspecified atom stereocenters. The zero-order valence-electron chi connectivity index (χ0n) is 9.61. The van der Waals surface area contributed by atoms with Crippen molar-refractivity contribution in [2.45, 2.75) is 30.8 Å². The highest BCUT2D eigenvalue weighted by atomic mass is 16.5. The van der Waals surface area contributed by atoms with E-state index in [1.807, 2.05) is 0 Å². The van der Waals surface area contributed by atoms with Crippen molar-refractivity contribution in [3.05, 3.63) is 35.9 Å². The Kier molecular flexibility index (Phi) is 2.70. The van der Waals surface area contributed by atoms with E-state index in [0.717, 1.165) is 19.7 Å². The van der Waals surface area contributed by atoms with Gasteiger partial charge in [-0.25, -0.2) is 0 Å². The normalized spacial score (nSPS) is 34.4. The molecule has 2 fully saturated rings. The lowest BCUT2D eigenvalue weighted by molar-refractivity contribution is -0.0313. The first-order valence-electron chi connectivity index (χ1n) is 6.30. The Hall–Kier alpha value is -0.860. The third-order valence-corrected chi connectivity index (χ3v) is 4.00. The monoisotopic (exact) mass is 217 g/mol. The van der Waals surface area contributed by atoms with Gasteiger partial charge >= 0.3 is 0 Å². The van der Waals surface area contributed by atoms with Gasteiger partial charge in [-0.3, -0.25) is 0 Å². The van der Waals surface area contributed by atoms with E-state index < -0.39 is 0 Å². The van der Waals surface area contributed by atoms with Crippen molar-refractivity contribution in [1.29, 1.82) is 0 Å². The van der Waals surface area contributed by atoms with Gasteiger partial charge in [0.2, 0.25) is 0 Å². The second-order valence-electron chi connectivity index (χ2n) is 4.95. The van der Waals surface area contributed by atoms with Crippen LogP contribution in [-0.2, 0) is 4.74 Å². The second-order valence-corrected chi connectivity index (χ2v) is 4.95. The molecule has 2 heteroatoms. The molecule has 0 radical (unpaired) electrons. The lowest BCUT2D eigenvalue weighted by atomic mass is 9.76. The minimum atomic E-state index is 0.0829. The molecule has 0 amide bonds. The van der Waals surface area contributed by atoms with Crippen LogP contribution in [0.25, 0.3) is 0 Å². The van der Waals surface area contributed by atoms with Gasteiger partial charge in [0.05, 0.1) is 5.60 Å². The van der Waals surface area contributed by atoms with E-state index in [2.05, 4.69) is 35.6 Å². The molecule has 0 aliphatic carbocycles. The largest absolute Gasteiger partial charge is 0.373 e. The van der Waals surface area contributed by atoms with Crippen LogP contribution in [0.15, 0.2) is 30.3 Å². The molecule has 0 bridgehead atoms. The highest BCUT2D eigenvalue weighted by Gasteiger charge is 2.44. The van der Waals surface area contributed by atoms with Crippen molar-refractivity contribution >= 4 is 0 Å². The SMILES string of the molecule is c1ccc(C2CCNCC23CCCO3)cc1. The van der Waals surface area contributed by atoms with E-state index in [0.29, 0.717) is 5.92 Å². The van der Waals surface area contributed by atoms with Crippen LogP contribution < -0.4 is 5.32 Å². The van der Waals surface area contributed by atoms with E-state index in [9.17, 15) is 0 Å². The summed E-state index contributed by atoms with van der Waals surface area (Å²) >= 11 is 0. The van der Waals surface area contributed by atoms with Gasteiger partial charge in [0.1, 0.15) is 0 Å². The number of hydrogen-bond donors (Lipinski definition) is 1. The molecule has 2 aliphatic rings. The molecule has 16 heavy (non-hydrogen) atoms. The summed E-state index contributed by atoms with van der Waals surface area (Å²) in [6.45, 7) is 3.07. The Bertz CT molecular complexity index is 343. The minimum absolute atomic E-state index is 0.0829. The molecule has 2 heterocycles. The van der Waals surface area contributed by atoms with Gasteiger partial charge in [0, 0.05) is 19.1 Å². The summed E-state index contributed by atoms with van der Waals surface area (Å²) < 4.78 is 6.09. The molecule has 0 aromatic heterocycles. The summed E-state index contributed by atoms with van der Waals surface area (Å²) in [6.07, 6.45) is 3.62. The molecule has 3 rings (SSSR count). The van der Waals surface area contributed by atoms with Gasteiger partial charge in [0.15, 0.2) is 0 Å². The highest BCUT2D eigenvalue weighted by molar-refractivity contribution is 5.25. The molecule has 2 nitrogen and oxygen atoms in total. The summed E-state index contributed by atoms with van der Waals surface area (Å²) in [7, 11) is 0. The van der Waals surface area contributed by atoms with Crippen LogP contribution in [0, 0.1) is 0 Å².